The molecule has 0 amide bonds. The van der Waals surface area contributed by atoms with E-state index in [4.69, 9.17) is 0 Å². The molecule has 0 aromatic rings. The van der Waals surface area contributed by atoms with Gasteiger partial charge in [-0.3, -0.25) is 0 Å². The quantitative estimate of drug-likeness (QED) is 0.467. The minimum atomic E-state index is -4.03. The standard InChI is InChI=1S/C6H4F4/c7-5(8)3-1-2-4-6(5,9)10/h1-4H. The number of allylic oxidation sites excluding steroid dienone is 4. The first-order valence-corrected chi connectivity index (χ1v) is 2.58. The summed E-state index contributed by atoms with van der Waals surface area (Å²) in [4.78, 5) is 0. The molecule has 0 aromatic heterocycles. The lowest BCUT2D eigenvalue weighted by atomic mass is 10.1. The largest absolute Gasteiger partial charge is 0.332 e. The second-order valence-corrected chi connectivity index (χ2v) is 1.96. The zero-order valence-corrected chi connectivity index (χ0v) is 4.82. The van der Waals surface area contributed by atoms with E-state index in [9.17, 15) is 17.6 Å². The van der Waals surface area contributed by atoms with E-state index >= 15 is 0 Å². The molecule has 0 unspecified atom stereocenters. The fourth-order valence-corrected chi connectivity index (χ4v) is 0.575. The van der Waals surface area contributed by atoms with Gasteiger partial charge < -0.3 is 0 Å². The summed E-state index contributed by atoms with van der Waals surface area (Å²) in [5.41, 5.74) is 0. The summed E-state index contributed by atoms with van der Waals surface area (Å²) >= 11 is 0. The van der Waals surface area contributed by atoms with Crippen molar-refractivity contribution in [2.45, 2.75) is 11.8 Å². The molecule has 0 atom stereocenters. The van der Waals surface area contributed by atoms with Crippen LogP contribution in [0.1, 0.15) is 0 Å². The molecule has 0 fully saturated rings. The highest BCUT2D eigenvalue weighted by molar-refractivity contribution is 5.22. The molecule has 0 N–H and O–H groups in total. The summed E-state index contributed by atoms with van der Waals surface area (Å²) in [6, 6.07) is 0. The van der Waals surface area contributed by atoms with Crippen LogP contribution in [0.4, 0.5) is 17.6 Å². The molecule has 0 bridgehead atoms. The Bertz CT molecular complexity index is 168. The van der Waals surface area contributed by atoms with Crippen LogP contribution in [0.2, 0.25) is 0 Å². The lowest BCUT2D eigenvalue weighted by molar-refractivity contribution is -0.148. The van der Waals surface area contributed by atoms with Gasteiger partial charge in [-0.15, -0.1) is 0 Å². The zero-order chi connectivity index (χ0) is 7.83. The van der Waals surface area contributed by atoms with Crippen molar-refractivity contribution in [1.29, 1.82) is 0 Å². The molecule has 1 aliphatic carbocycles. The van der Waals surface area contributed by atoms with Crippen molar-refractivity contribution in [2.24, 2.45) is 0 Å². The first kappa shape index (κ1) is 7.31. The maximum atomic E-state index is 12.1. The van der Waals surface area contributed by atoms with E-state index in [0.29, 0.717) is 0 Å². The van der Waals surface area contributed by atoms with Crippen LogP contribution in [0.5, 0.6) is 0 Å². The Morgan fingerprint density at radius 2 is 1.00 bits per heavy atom. The maximum Gasteiger partial charge on any atom is 0.332 e. The Balaban J connectivity index is 2.96. The van der Waals surface area contributed by atoms with Gasteiger partial charge >= 0.3 is 11.8 Å². The van der Waals surface area contributed by atoms with Crippen molar-refractivity contribution >= 4 is 0 Å². The number of halogens is 4. The van der Waals surface area contributed by atoms with Crippen LogP contribution < -0.4 is 0 Å². The van der Waals surface area contributed by atoms with Crippen molar-refractivity contribution in [3.63, 3.8) is 0 Å². The second-order valence-electron chi connectivity index (χ2n) is 1.96. The Kier molecular flexibility index (Phi) is 1.34. The highest BCUT2D eigenvalue weighted by Crippen LogP contribution is 2.38. The average molecular weight is 152 g/mol. The van der Waals surface area contributed by atoms with Crippen LogP contribution in [-0.2, 0) is 0 Å². The zero-order valence-electron chi connectivity index (χ0n) is 4.82. The lowest BCUT2D eigenvalue weighted by Gasteiger charge is -2.22. The Morgan fingerprint density at radius 1 is 0.700 bits per heavy atom. The molecule has 56 valence electrons. The average Bonchev–Trinajstić information content (AvgIpc) is 1.77. The summed E-state index contributed by atoms with van der Waals surface area (Å²) in [6.45, 7) is 0. The van der Waals surface area contributed by atoms with Gasteiger partial charge in [-0.25, -0.2) is 0 Å². The van der Waals surface area contributed by atoms with Gasteiger partial charge in [0, 0.05) is 0 Å². The fraction of sp³-hybridized carbons (Fsp3) is 0.333. The molecule has 10 heavy (non-hydrogen) atoms. The smallest absolute Gasteiger partial charge is 0.195 e. The van der Waals surface area contributed by atoms with Crippen molar-refractivity contribution in [3.8, 4) is 0 Å². The highest BCUT2D eigenvalue weighted by Gasteiger charge is 2.52. The Hall–Kier alpha value is -0.800. The molecule has 0 radical (unpaired) electrons. The van der Waals surface area contributed by atoms with Gasteiger partial charge in [0.25, 0.3) is 0 Å². The van der Waals surface area contributed by atoms with E-state index in [0.717, 1.165) is 12.2 Å². The van der Waals surface area contributed by atoms with Gasteiger partial charge in [0.2, 0.25) is 0 Å². The molecule has 0 saturated carbocycles. The molecular weight excluding hydrogens is 148 g/mol. The molecule has 0 spiro atoms. The lowest BCUT2D eigenvalue weighted by Crippen LogP contribution is -2.37. The van der Waals surface area contributed by atoms with Crippen LogP contribution in [0, 0.1) is 0 Å². The minimum Gasteiger partial charge on any atom is -0.195 e. The highest BCUT2D eigenvalue weighted by atomic mass is 19.3. The minimum absolute atomic E-state index is 0.188. The molecule has 0 nitrogen and oxygen atoms in total. The predicted octanol–water partition coefficient (Wildman–Crippen LogP) is 2.38. The molecule has 4 heteroatoms. The Morgan fingerprint density at radius 3 is 1.20 bits per heavy atom. The van der Waals surface area contributed by atoms with E-state index in [1.54, 1.807) is 0 Å². The summed E-state index contributed by atoms with van der Waals surface area (Å²) < 4.78 is 48.4. The van der Waals surface area contributed by atoms with Gasteiger partial charge in [-0.05, 0) is 12.2 Å². The third-order valence-electron chi connectivity index (χ3n) is 1.17. The van der Waals surface area contributed by atoms with Crippen LogP contribution >= 0.6 is 0 Å². The fourth-order valence-electron chi connectivity index (χ4n) is 0.575. The van der Waals surface area contributed by atoms with Crippen molar-refractivity contribution in [3.05, 3.63) is 24.3 Å². The number of rotatable bonds is 0. The number of hydrogen-bond acceptors (Lipinski definition) is 0. The molecule has 0 heterocycles. The van der Waals surface area contributed by atoms with Crippen molar-refractivity contribution in [1.82, 2.24) is 0 Å². The van der Waals surface area contributed by atoms with E-state index in [2.05, 4.69) is 0 Å². The predicted molar refractivity (Wildman–Crippen MR) is 28.2 cm³/mol. The summed E-state index contributed by atoms with van der Waals surface area (Å²) in [7, 11) is 0. The Labute approximate surface area is 54.8 Å². The van der Waals surface area contributed by atoms with E-state index in [1.807, 2.05) is 0 Å². The molecule has 0 aliphatic heterocycles. The van der Waals surface area contributed by atoms with E-state index in [-0.39, 0.29) is 12.2 Å². The summed E-state index contributed by atoms with van der Waals surface area (Å²) in [5.74, 6) is -8.05. The van der Waals surface area contributed by atoms with Crippen LogP contribution in [0.25, 0.3) is 0 Å². The number of alkyl halides is 4. The maximum absolute atomic E-state index is 12.1. The van der Waals surface area contributed by atoms with Crippen LogP contribution in [-0.4, -0.2) is 11.8 Å². The van der Waals surface area contributed by atoms with Gasteiger partial charge in [0.05, 0.1) is 0 Å². The van der Waals surface area contributed by atoms with Crippen molar-refractivity contribution in [2.75, 3.05) is 0 Å². The molecule has 0 saturated heterocycles. The summed E-state index contributed by atoms with van der Waals surface area (Å²) in [5, 5.41) is 0. The number of hydrogen-bond donors (Lipinski definition) is 0. The second kappa shape index (κ2) is 1.84. The normalized spacial score (nSPS) is 26.8. The van der Waals surface area contributed by atoms with E-state index in [1.165, 1.54) is 0 Å². The molecule has 0 aromatic carbocycles. The SMILES string of the molecule is FC1(F)C=CC=CC1(F)F. The molecule has 1 rings (SSSR count). The molecule has 1 aliphatic rings. The van der Waals surface area contributed by atoms with Gasteiger partial charge in [-0.1, -0.05) is 12.2 Å². The van der Waals surface area contributed by atoms with Gasteiger partial charge in [0.1, 0.15) is 0 Å². The summed E-state index contributed by atoms with van der Waals surface area (Å²) in [6.07, 6.45) is 2.18. The molecular formula is C6H4F4. The van der Waals surface area contributed by atoms with Crippen LogP contribution in [0.3, 0.4) is 0 Å². The monoisotopic (exact) mass is 152 g/mol. The van der Waals surface area contributed by atoms with Crippen molar-refractivity contribution < 1.29 is 17.6 Å². The van der Waals surface area contributed by atoms with Crippen LogP contribution in [0.15, 0.2) is 24.3 Å². The van der Waals surface area contributed by atoms with Gasteiger partial charge in [0.15, 0.2) is 0 Å². The first-order chi connectivity index (χ1) is 4.46. The van der Waals surface area contributed by atoms with E-state index < -0.39 is 11.8 Å². The van der Waals surface area contributed by atoms with Gasteiger partial charge in [-0.2, -0.15) is 17.6 Å². The first-order valence-electron chi connectivity index (χ1n) is 2.58. The third-order valence-corrected chi connectivity index (χ3v) is 1.17. The topological polar surface area (TPSA) is 0 Å². The third kappa shape index (κ3) is 0.936.